The largest absolute Gasteiger partial charge is 0.315 e. The molecule has 1 N–H and O–H groups in total. The zero-order chi connectivity index (χ0) is 10.9. The molecule has 3 nitrogen and oxygen atoms in total. The lowest BCUT2D eigenvalue weighted by Crippen LogP contribution is -2.49. The van der Waals surface area contributed by atoms with Crippen molar-refractivity contribution in [3.8, 4) is 0 Å². The predicted octanol–water partition coefficient (Wildman–Crippen LogP) is -0.404. The van der Waals surface area contributed by atoms with E-state index in [0.717, 1.165) is 26.2 Å². The van der Waals surface area contributed by atoms with Crippen LogP contribution >= 0.6 is 0 Å². The van der Waals surface area contributed by atoms with Crippen LogP contribution in [0.25, 0.3) is 0 Å². The van der Waals surface area contributed by atoms with Gasteiger partial charge in [0.1, 0.15) is 0 Å². The first-order valence-corrected chi connectivity index (χ1v) is 4.77. The van der Waals surface area contributed by atoms with Gasteiger partial charge < -0.3 is 10.2 Å². The van der Waals surface area contributed by atoms with Gasteiger partial charge in [-0.15, -0.1) is 0 Å². The Labute approximate surface area is 78.9 Å². The molecule has 0 bridgehead atoms. The van der Waals surface area contributed by atoms with Crippen molar-refractivity contribution < 1.29 is 4.11 Å². The van der Waals surface area contributed by atoms with Gasteiger partial charge in [-0.25, -0.2) is 0 Å². The van der Waals surface area contributed by atoms with Gasteiger partial charge >= 0.3 is 0 Å². The molecular formula is C9H19N3. The first-order valence-electron chi connectivity index (χ1n) is 6.27. The second-order valence-corrected chi connectivity index (χ2v) is 3.67. The monoisotopic (exact) mass is 172 g/mol. The summed E-state index contributed by atoms with van der Waals surface area (Å²) in [5.74, 6) is 0. The van der Waals surface area contributed by atoms with E-state index in [9.17, 15) is 0 Å². The van der Waals surface area contributed by atoms with Crippen molar-refractivity contribution >= 4 is 0 Å². The van der Waals surface area contributed by atoms with Crippen molar-refractivity contribution in [2.45, 2.75) is 12.5 Å². The summed E-state index contributed by atoms with van der Waals surface area (Å²) < 4.78 is 22.0. The minimum absolute atomic E-state index is 0.628. The highest BCUT2D eigenvalue weighted by Crippen LogP contribution is 2.10. The van der Waals surface area contributed by atoms with Gasteiger partial charge in [0.25, 0.3) is 0 Å². The van der Waals surface area contributed by atoms with E-state index in [1.807, 2.05) is 0 Å². The van der Waals surface area contributed by atoms with Crippen LogP contribution in [0.4, 0.5) is 0 Å². The van der Waals surface area contributed by atoms with Gasteiger partial charge in [-0.1, -0.05) is 0 Å². The molecule has 0 aliphatic carbocycles. The Morgan fingerprint density at radius 3 is 2.75 bits per heavy atom. The van der Waals surface area contributed by atoms with Crippen LogP contribution < -0.4 is 5.32 Å². The molecule has 1 atom stereocenters. The number of nitrogens with one attached hydrogen (secondary N) is 1. The molecule has 2 aliphatic heterocycles. The lowest BCUT2D eigenvalue weighted by molar-refractivity contribution is 0.119. The number of hydrogen-bond donors (Lipinski definition) is 1. The first-order chi connectivity index (χ1) is 7.07. The third-order valence-corrected chi connectivity index (χ3v) is 2.86. The highest BCUT2D eigenvalue weighted by molar-refractivity contribution is 4.83. The van der Waals surface area contributed by atoms with E-state index < -0.39 is 6.98 Å². The number of rotatable bonds is 1. The summed E-state index contributed by atoms with van der Waals surface area (Å²) in [4.78, 5) is 4.02. The van der Waals surface area contributed by atoms with Gasteiger partial charge in [-0.2, -0.15) is 0 Å². The predicted molar refractivity (Wildman–Crippen MR) is 50.3 cm³/mol. The third-order valence-electron chi connectivity index (χ3n) is 2.86. The van der Waals surface area contributed by atoms with E-state index in [1.54, 1.807) is 4.90 Å². The minimum atomic E-state index is -1.90. The number of nitrogens with zero attached hydrogens (tertiary/aromatic N) is 2. The second-order valence-electron chi connectivity index (χ2n) is 3.67. The average Bonchev–Trinajstić information content (AvgIpc) is 2.69. The van der Waals surface area contributed by atoms with E-state index in [-0.39, 0.29) is 0 Å². The Kier molecular flexibility index (Phi) is 1.73. The molecule has 0 amide bonds. The smallest absolute Gasteiger partial charge is 0.0394 e. The van der Waals surface area contributed by atoms with Crippen LogP contribution in [0.5, 0.6) is 0 Å². The zero-order valence-corrected chi connectivity index (χ0v) is 7.42. The fraction of sp³-hybridized carbons (Fsp3) is 1.00. The molecule has 0 unspecified atom stereocenters. The Balaban J connectivity index is 1.81. The summed E-state index contributed by atoms with van der Waals surface area (Å²) in [6.07, 6.45) is 1.20. The zero-order valence-electron chi connectivity index (χ0n) is 10.4. The lowest BCUT2D eigenvalue weighted by Gasteiger charge is -2.36. The average molecular weight is 172 g/mol. The summed E-state index contributed by atoms with van der Waals surface area (Å²) in [6, 6.07) is 0.628. The molecular weight excluding hydrogens is 150 g/mol. The maximum Gasteiger partial charge on any atom is 0.0394 e. The number of piperazine rings is 1. The Morgan fingerprint density at radius 1 is 1.33 bits per heavy atom. The molecule has 0 spiro atoms. The van der Waals surface area contributed by atoms with Crippen molar-refractivity contribution in [1.29, 1.82) is 0 Å². The van der Waals surface area contributed by atoms with Gasteiger partial charge in [0, 0.05) is 42.9 Å². The van der Waals surface area contributed by atoms with Crippen molar-refractivity contribution in [2.75, 3.05) is 46.2 Å². The van der Waals surface area contributed by atoms with Gasteiger partial charge in [-0.05, 0) is 19.9 Å². The standard InChI is InChI=1S/C9H19N3/c1-11-4-6-12(7-5-11)9-2-3-10-8-9/h9-10H,2-8H2,1H3/t9-/m1/s1/i1D3. The van der Waals surface area contributed by atoms with Crippen LogP contribution in [0.1, 0.15) is 10.5 Å². The fourth-order valence-electron chi connectivity index (χ4n) is 2.04. The normalized spacial score (nSPS) is 39.0. The molecule has 2 rings (SSSR count). The van der Waals surface area contributed by atoms with Gasteiger partial charge in [0.05, 0.1) is 0 Å². The van der Waals surface area contributed by atoms with Crippen LogP contribution in [0.2, 0.25) is 0 Å². The summed E-state index contributed by atoms with van der Waals surface area (Å²) in [5, 5.41) is 3.34. The molecule has 0 aromatic carbocycles. The van der Waals surface area contributed by atoms with Gasteiger partial charge in [-0.3, -0.25) is 4.90 Å². The molecule has 3 heteroatoms. The van der Waals surface area contributed by atoms with Crippen LogP contribution in [0, 0.1) is 0 Å². The second kappa shape index (κ2) is 3.73. The van der Waals surface area contributed by atoms with Gasteiger partial charge in [0.2, 0.25) is 0 Å². The van der Waals surface area contributed by atoms with Crippen LogP contribution in [0.15, 0.2) is 0 Å². The molecule has 2 heterocycles. The molecule has 2 saturated heterocycles. The summed E-state index contributed by atoms with van der Waals surface area (Å²) in [5.41, 5.74) is 0. The van der Waals surface area contributed by atoms with Crippen LogP contribution in [-0.4, -0.2) is 62.1 Å². The van der Waals surface area contributed by atoms with E-state index in [1.165, 1.54) is 6.42 Å². The van der Waals surface area contributed by atoms with E-state index >= 15 is 0 Å². The maximum absolute atomic E-state index is 7.33. The Morgan fingerprint density at radius 2 is 2.17 bits per heavy atom. The van der Waals surface area contributed by atoms with E-state index in [0.29, 0.717) is 19.1 Å². The maximum atomic E-state index is 7.33. The molecule has 2 aliphatic rings. The molecule has 0 radical (unpaired) electrons. The topological polar surface area (TPSA) is 18.5 Å². The first kappa shape index (κ1) is 5.58. The molecule has 0 saturated carbocycles. The summed E-state index contributed by atoms with van der Waals surface area (Å²) >= 11 is 0. The molecule has 70 valence electrons. The summed E-state index contributed by atoms with van der Waals surface area (Å²) in [7, 11) is 0. The molecule has 0 aromatic heterocycles. The van der Waals surface area contributed by atoms with Crippen molar-refractivity contribution in [3.05, 3.63) is 0 Å². The van der Waals surface area contributed by atoms with Crippen molar-refractivity contribution in [3.63, 3.8) is 0 Å². The van der Waals surface area contributed by atoms with Crippen molar-refractivity contribution in [1.82, 2.24) is 15.1 Å². The van der Waals surface area contributed by atoms with Gasteiger partial charge in [0.15, 0.2) is 0 Å². The van der Waals surface area contributed by atoms with Crippen molar-refractivity contribution in [2.24, 2.45) is 0 Å². The Bertz CT molecular complexity index is 205. The molecule has 2 fully saturated rings. The van der Waals surface area contributed by atoms with E-state index in [4.69, 9.17) is 4.11 Å². The van der Waals surface area contributed by atoms with Crippen LogP contribution in [0.3, 0.4) is 0 Å². The van der Waals surface area contributed by atoms with E-state index in [2.05, 4.69) is 10.2 Å². The highest BCUT2D eigenvalue weighted by atomic mass is 15.3. The minimum Gasteiger partial charge on any atom is -0.315 e. The summed E-state index contributed by atoms with van der Waals surface area (Å²) in [6.45, 7) is 3.40. The fourth-order valence-corrected chi connectivity index (χ4v) is 2.04. The molecule has 12 heavy (non-hydrogen) atoms. The number of likely N-dealkylation sites (N-methyl/N-ethyl adjacent to an activating group) is 1. The molecule has 0 aromatic rings. The third kappa shape index (κ3) is 1.79. The van der Waals surface area contributed by atoms with Crippen LogP contribution in [-0.2, 0) is 0 Å². The lowest BCUT2D eigenvalue weighted by atomic mass is 10.2. The number of hydrogen-bond acceptors (Lipinski definition) is 3. The highest BCUT2D eigenvalue weighted by Gasteiger charge is 2.24. The SMILES string of the molecule is [2H]C([2H])([2H])N1CCN([C@@H]2CCNC2)CC1. The quantitative estimate of drug-likeness (QED) is 0.580. The Hall–Kier alpha value is -0.120.